The average Bonchev–Trinajstić information content (AvgIpc) is 3.26. The minimum absolute atomic E-state index is 0.00349. The van der Waals surface area contributed by atoms with Crippen molar-refractivity contribution in [2.24, 2.45) is 57.7 Å². The molecule has 0 radical (unpaired) electrons. The van der Waals surface area contributed by atoms with E-state index in [1.54, 1.807) is 0 Å². The van der Waals surface area contributed by atoms with Crippen molar-refractivity contribution in [1.82, 2.24) is 0 Å². The summed E-state index contributed by atoms with van der Waals surface area (Å²) in [5.74, 6) is -0.262. The number of aliphatic hydroxyl groups excluding tert-OH is 1. The lowest BCUT2D eigenvalue weighted by molar-refractivity contribution is -0.154. The molecule has 1 aliphatic heterocycles. The van der Waals surface area contributed by atoms with Gasteiger partial charge in [-0.25, -0.2) is 4.79 Å². The first-order valence-electron chi connectivity index (χ1n) is 14.3. The van der Waals surface area contributed by atoms with Crippen LogP contribution in [0.3, 0.4) is 0 Å². The number of aliphatic carboxylic acids is 2. The standard InChI is InChI=1S/C28H38O6.C2H4O2/c1-26-8-5-4-6-17(26)20(29)12-15-16(26)7-9-27(2)18(15)13-19-23(27)14(11-22(30)31)10-21-28(19,3)24(32)25(33)34-21;1-2(3)4/h10,14-19,23-24,32H,4-9,11-13H2,1-3H3,(H,30,31);1H3,(H,3,4)/t14-,15?,16?,17?,18?,19?,23?,24?,26?,27?,28?;/m0./s1. The Morgan fingerprint density at radius 1 is 1.00 bits per heavy atom. The first-order valence-corrected chi connectivity index (χ1v) is 14.3. The number of fused-ring (bicyclic) bond motifs is 9. The molecular formula is C30H42O8. The number of allylic oxidation sites excluding steroid dienone is 1. The summed E-state index contributed by atoms with van der Waals surface area (Å²) < 4.78 is 5.52. The summed E-state index contributed by atoms with van der Waals surface area (Å²) in [5, 5.41) is 28.1. The molecular weight excluding hydrogens is 488 g/mol. The third-order valence-electron chi connectivity index (χ3n) is 12.0. The van der Waals surface area contributed by atoms with Gasteiger partial charge in [-0.3, -0.25) is 14.4 Å². The molecule has 1 saturated heterocycles. The fraction of sp³-hybridized carbons (Fsp3) is 0.800. The molecule has 210 valence electrons. The number of hydrogen-bond donors (Lipinski definition) is 3. The third-order valence-corrected chi connectivity index (χ3v) is 12.0. The van der Waals surface area contributed by atoms with Gasteiger partial charge in [0.15, 0.2) is 6.10 Å². The lowest BCUT2D eigenvalue weighted by atomic mass is 9.44. The van der Waals surface area contributed by atoms with Crippen molar-refractivity contribution < 1.29 is 39.2 Å². The highest BCUT2D eigenvalue weighted by Crippen LogP contribution is 2.73. The van der Waals surface area contributed by atoms with E-state index in [0.717, 1.165) is 45.4 Å². The highest BCUT2D eigenvalue weighted by Gasteiger charge is 2.70. The van der Waals surface area contributed by atoms with Crippen LogP contribution in [0.4, 0.5) is 0 Å². The molecule has 1 heterocycles. The zero-order chi connectivity index (χ0) is 27.8. The molecule has 8 nitrogen and oxygen atoms in total. The second kappa shape index (κ2) is 9.17. The van der Waals surface area contributed by atoms with Gasteiger partial charge < -0.3 is 20.1 Å². The predicted octanol–water partition coefficient (Wildman–Crippen LogP) is 4.44. The van der Waals surface area contributed by atoms with Crippen LogP contribution in [-0.4, -0.2) is 45.1 Å². The summed E-state index contributed by atoms with van der Waals surface area (Å²) in [6.45, 7) is 7.71. The lowest BCUT2D eigenvalue weighted by Crippen LogP contribution is -2.56. The summed E-state index contributed by atoms with van der Waals surface area (Å²) >= 11 is 0. The number of hydrogen-bond acceptors (Lipinski definition) is 6. The second-order valence-corrected chi connectivity index (χ2v) is 13.7. The lowest BCUT2D eigenvalue weighted by Gasteiger charge is -2.60. The summed E-state index contributed by atoms with van der Waals surface area (Å²) in [4.78, 5) is 46.8. The first kappa shape index (κ1) is 27.4. The van der Waals surface area contributed by atoms with E-state index in [1.165, 1.54) is 6.42 Å². The third kappa shape index (κ3) is 3.80. The molecule has 11 atom stereocenters. The number of carbonyl (C=O) groups is 4. The Morgan fingerprint density at radius 3 is 2.34 bits per heavy atom. The van der Waals surface area contributed by atoms with Crippen LogP contribution in [0.1, 0.15) is 85.5 Å². The van der Waals surface area contributed by atoms with Gasteiger partial charge in [-0.2, -0.15) is 0 Å². The number of ketones is 1. The van der Waals surface area contributed by atoms with Crippen molar-refractivity contribution in [2.45, 2.75) is 91.6 Å². The van der Waals surface area contributed by atoms with Crippen molar-refractivity contribution in [1.29, 1.82) is 0 Å². The van der Waals surface area contributed by atoms with Gasteiger partial charge in [-0.1, -0.05) is 26.7 Å². The molecule has 5 fully saturated rings. The highest BCUT2D eigenvalue weighted by molar-refractivity contribution is 5.83. The Kier molecular flexibility index (Phi) is 6.60. The maximum Gasteiger partial charge on any atom is 0.341 e. The van der Waals surface area contributed by atoms with E-state index in [-0.39, 0.29) is 40.9 Å². The van der Waals surface area contributed by atoms with Crippen LogP contribution in [0, 0.1) is 57.7 Å². The number of rotatable bonds is 2. The van der Waals surface area contributed by atoms with Gasteiger partial charge in [0.05, 0.1) is 11.8 Å². The molecule has 0 amide bonds. The highest BCUT2D eigenvalue weighted by atomic mass is 16.6. The maximum absolute atomic E-state index is 13.5. The van der Waals surface area contributed by atoms with E-state index < -0.39 is 29.4 Å². The van der Waals surface area contributed by atoms with Crippen LogP contribution in [0.25, 0.3) is 0 Å². The largest absolute Gasteiger partial charge is 0.481 e. The molecule has 4 saturated carbocycles. The molecule has 0 aromatic rings. The number of ether oxygens (including phenoxy) is 1. The SMILES string of the molecule is CC(=O)O.CC12CCCCC1C(=O)CC1C2CCC2(C)C1CC1C2[C@H](CC(=O)O)C=C2OC(=O)C(O)C21C. The van der Waals surface area contributed by atoms with Crippen LogP contribution >= 0.6 is 0 Å². The topological polar surface area (TPSA) is 138 Å². The van der Waals surface area contributed by atoms with Gasteiger partial charge in [0.2, 0.25) is 0 Å². The van der Waals surface area contributed by atoms with E-state index >= 15 is 0 Å². The molecule has 38 heavy (non-hydrogen) atoms. The van der Waals surface area contributed by atoms with Crippen LogP contribution in [-0.2, 0) is 23.9 Å². The van der Waals surface area contributed by atoms with Crippen molar-refractivity contribution in [3.63, 3.8) is 0 Å². The fourth-order valence-corrected chi connectivity index (χ4v) is 10.5. The Bertz CT molecular complexity index is 1080. The Labute approximate surface area is 224 Å². The Hall–Kier alpha value is -2.22. The van der Waals surface area contributed by atoms with E-state index in [1.807, 2.05) is 13.0 Å². The quantitative estimate of drug-likeness (QED) is 0.445. The molecule has 0 aromatic carbocycles. The Balaban J connectivity index is 0.000000689. The minimum atomic E-state index is -1.22. The van der Waals surface area contributed by atoms with Gasteiger partial charge in [0.1, 0.15) is 11.5 Å². The maximum atomic E-state index is 13.5. The van der Waals surface area contributed by atoms with Gasteiger partial charge in [0.25, 0.3) is 5.97 Å². The molecule has 0 aromatic heterocycles. The zero-order valence-electron chi connectivity index (χ0n) is 22.9. The van der Waals surface area contributed by atoms with Crippen LogP contribution in [0.5, 0.6) is 0 Å². The van der Waals surface area contributed by atoms with Crippen molar-refractivity contribution in [3.8, 4) is 0 Å². The Morgan fingerprint density at radius 2 is 1.68 bits per heavy atom. The molecule has 5 aliphatic carbocycles. The van der Waals surface area contributed by atoms with Gasteiger partial charge in [-0.15, -0.1) is 0 Å². The number of carboxylic acid groups (broad SMARTS) is 2. The fourth-order valence-electron chi connectivity index (χ4n) is 10.5. The number of carbonyl (C=O) groups excluding carboxylic acids is 2. The van der Waals surface area contributed by atoms with Crippen molar-refractivity contribution >= 4 is 23.7 Å². The molecule has 10 unspecified atom stereocenters. The molecule has 6 rings (SSSR count). The number of aliphatic hydroxyl groups is 1. The van der Waals surface area contributed by atoms with E-state index in [9.17, 15) is 24.6 Å². The van der Waals surface area contributed by atoms with E-state index in [0.29, 0.717) is 35.7 Å². The zero-order valence-corrected chi connectivity index (χ0v) is 22.9. The molecule has 0 bridgehead atoms. The predicted molar refractivity (Wildman–Crippen MR) is 136 cm³/mol. The van der Waals surface area contributed by atoms with Gasteiger partial charge in [0, 0.05) is 19.3 Å². The monoisotopic (exact) mass is 530 g/mol. The van der Waals surface area contributed by atoms with Gasteiger partial charge in [-0.05, 0) is 91.4 Å². The van der Waals surface area contributed by atoms with Crippen LogP contribution in [0.2, 0.25) is 0 Å². The summed E-state index contributed by atoms with van der Waals surface area (Å²) in [6.07, 6.45) is 8.75. The summed E-state index contributed by atoms with van der Waals surface area (Å²) in [7, 11) is 0. The summed E-state index contributed by atoms with van der Waals surface area (Å²) in [6, 6.07) is 0. The first-order chi connectivity index (χ1) is 17.7. The number of esters is 1. The van der Waals surface area contributed by atoms with E-state index in [4.69, 9.17) is 14.6 Å². The second-order valence-electron chi connectivity index (χ2n) is 13.7. The average molecular weight is 531 g/mol. The van der Waals surface area contributed by atoms with Gasteiger partial charge >= 0.3 is 11.9 Å². The molecule has 0 spiro atoms. The van der Waals surface area contributed by atoms with Crippen LogP contribution < -0.4 is 0 Å². The molecule has 3 N–H and O–H groups in total. The molecule has 8 heteroatoms. The number of carboxylic acids is 2. The van der Waals surface area contributed by atoms with Crippen molar-refractivity contribution in [2.75, 3.05) is 0 Å². The summed E-state index contributed by atoms with van der Waals surface area (Å²) in [5.41, 5.74) is -0.851. The van der Waals surface area contributed by atoms with Crippen molar-refractivity contribution in [3.05, 3.63) is 11.8 Å². The van der Waals surface area contributed by atoms with E-state index in [2.05, 4.69) is 13.8 Å². The van der Waals surface area contributed by atoms with Crippen LogP contribution in [0.15, 0.2) is 11.8 Å². The normalized spacial score (nSPS) is 48.6. The number of Topliss-reactive ketones (excluding diaryl/α,β-unsaturated/α-hetero) is 1. The smallest absolute Gasteiger partial charge is 0.341 e. The molecule has 6 aliphatic rings. The minimum Gasteiger partial charge on any atom is -0.481 e.